The number of carbonyl (C=O) groups is 1. The summed E-state index contributed by atoms with van der Waals surface area (Å²) < 4.78 is 2.18. The molecule has 0 saturated heterocycles. The highest BCUT2D eigenvalue weighted by molar-refractivity contribution is 5.82. The van der Waals surface area contributed by atoms with Crippen LogP contribution in [0.15, 0.2) is 48.5 Å². The zero-order chi connectivity index (χ0) is 17.8. The van der Waals surface area contributed by atoms with Gasteiger partial charge in [-0.15, -0.1) is 0 Å². The molecule has 0 radical (unpaired) electrons. The van der Waals surface area contributed by atoms with E-state index in [9.17, 15) is 4.79 Å². The number of carbonyl (C=O) groups excluding carboxylic acids is 1. The van der Waals surface area contributed by atoms with Crippen LogP contribution < -0.4 is 11.1 Å². The predicted molar refractivity (Wildman–Crippen MR) is 100 cm³/mol. The molecule has 25 heavy (non-hydrogen) atoms. The van der Waals surface area contributed by atoms with Crippen LogP contribution in [-0.2, 0) is 11.3 Å². The van der Waals surface area contributed by atoms with Crippen LogP contribution in [0.2, 0.25) is 0 Å². The molecular weight excluding hydrogens is 312 g/mol. The van der Waals surface area contributed by atoms with Crippen LogP contribution >= 0.6 is 0 Å². The molecule has 0 aliphatic carbocycles. The first-order valence-corrected chi connectivity index (χ1v) is 8.58. The van der Waals surface area contributed by atoms with Crippen LogP contribution in [0.4, 0.5) is 0 Å². The standard InChI is InChI=1S/C20H24N4O/c1-14-8-10-16(11-9-14)19(21)20(25)22-12-5-13-24-15(2)23-17-6-3-4-7-18(17)24/h3-4,6-11,19H,5,12-13,21H2,1-2H3,(H,22,25). The van der Waals surface area contributed by atoms with Crippen molar-refractivity contribution in [1.82, 2.24) is 14.9 Å². The molecular formula is C20H24N4O. The molecule has 3 aromatic rings. The van der Waals surface area contributed by atoms with E-state index in [1.165, 1.54) is 0 Å². The molecule has 3 N–H and O–H groups in total. The van der Waals surface area contributed by atoms with Crippen molar-refractivity contribution in [2.45, 2.75) is 32.9 Å². The summed E-state index contributed by atoms with van der Waals surface area (Å²) in [6.45, 7) is 5.42. The van der Waals surface area contributed by atoms with Gasteiger partial charge in [0.1, 0.15) is 11.9 Å². The molecule has 0 spiro atoms. The fourth-order valence-corrected chi connectivity index (χ4v) is 2.96. The summed E-state index contributed by atoms with van der Waals surface area (Å²) >= 11 is 0. The third-order valence-corrected chi connectivity index (χ3v) is 4.42. The van der Waals surface area contributed by atoms with E-state index in [1.807, 2.05) is 56.3 Å². The number of rotatable bonds is 6. The maximum Gasteiger partial charge on any atom is 0.241 e. The number of aryl methyl sites for hydroxylation is 3. The van der Waals surface area contributed by atoms with Gasteiger partial charge in [-0.3, -0.25) is 4.79 Å². The highest BCUT2D eigenvalue weighted by Crippen LogP contribution is 2.16. The third-order valence-electron chi connectivity index (χ3n) is 4.42. The van der Waals surface area contributed by atoms with E-state index in [1.54, 1.807) is 0 Å². The van der Waals surface area contributed by atoms with Gasteiger partial charge in [-0.25, -0.2) is 4.98 Å². The van der Waals surface area contributed by atoms with Crippen LogP contribution in [0.5, 0.6) is 0 Å². The van der Waals surface area contributed by atoms with Gasteiger partial charge < -0.3 is 15.6 Å². The quantitative estimate of drug-likeness (QED) is 0.680. The largest absolute Gasteiger partial charge is 0.354 e. The monoisotopic (exact) mass is 336 g/mol. The van der Waals surface area contributed by atoms with E-state index in [0.29, 0.717) is 6.54 Å². The van der Waals surface area contributed by atoms with E-state index >= 15 is 0 Å². The first kappa shape index (κ1) is 17.2. The van der Waals surface area contributed by atoms with E-state index in [2.05, 4.69) is 20.9 Å². The molecule has 2 aromatic carbocycles. The van der Waals surface area contributed by atoms with Crippen LogP contribution in [0.25, 0.3) is 11.0 Å². The molecule has 1 amide bonds. The predicted octanol–water partition coefficient (Wildman–Crippen LogP) is 2.86. The van der Waals surface area contributed by atoms with Gasteiger partial charge in [0.2, 0.25) is 5.91 Å². The van der Waals surface area contributed by atoms with Gasteiger partial charge in [-0.2, -0.15) is 0 Å². The van der Waals surface area contributed by atoms with Crippen molar-refractivity contribution < 1.29 is 4.79 Å². The second kappa shape index (κ2) is 7.49. The Morgan fingerprint density at radius 3 is 2.64 bits per heavy atom. The van der Waals surface area contributed by atoms with Gasteiger partial charge in [0.05, 0.1) is 11.0 Å². The van der Waals surface area contributed by atoms with Crippen molar-refractivity contribution in [2.24, 2.45) is 5.73 Å². The zero-order valence-corrected chi connectivity index (χ0v) is 14.7. The van der Waals surface area contributed by atoms with Crippen molar-refractivity contribution in [3.63, 3.8) is 0 Å². The number of aromatic nitrogens is 2. The van der Waals surface area contributed by atoms with Gasteiger partial charge in [-0.1, -0.05) is 42.0 Å². The number of hydrogen-bond donors (Lipinski definition) is 2. The summed E-state index contributed by atoms with van der Waals surface area (Å²) in [5.41, 5.74) is 10.2. The summed E-state index contributed by atoms with van der Waals surface area (Å²) in [6, 6.07) is 15.2. The summed E-state index contributed by atoms with van der Waals surface area (Å²) in [5, 5.41) is 2.93. The number of nitrogens with two attached hydrogens (primary N) is 1. The smallest absolute Gasteiger partial charge is 0.241 e. The van der Waals surface area contributed by atoms with Crippen molar-refractivity contribution in [3.05, 3.63) is 65.5 Å². The lowest BCUT2D eigenvalue weighted by Crippen LogP contribution is -2.35. The van der Waals surface area contributed by atoms with E-state index < -0.39 is 6.04 Å². The molecule has 1 unspecified atom stereocenters. The minimum atomic E-state index is -0.628. The fourth-order valence-electron chi connectivity index (χ4n) is 2.96. The second-order valence-corrected chi connectivity index (χ2v) is 6.33. The highest BCUT2D eigenvalue weighted by Gasteiger charge is 2.15. The molecule has 0 bridgehead atoms. The number of amides is 1. The highest BCUT2D eigenvalue weighted by atomic mass is 16.2. The van der Waals surface area contributed by atoms with Crippen molar-refractivity contribution in [3.8, 4) is 0 Å². The number of hydrogen-bond acceptors (Lipinski definition) is 3. The van der Waals surface area contributed by atoms with Gasteiger partial charge in [0, 0.05) is 13.1 Å². The number of fused-ring (bicyclic) bond motifs is 1. The van der Waals surface area contributed by atoms with Crippen LogP contribution in [0, 0.1) is 13.8 Å². The molecule has 1 atom stereocenters. The van der Waals surface area contributed by atoms with Crippen molar-refractivity contribution in [1.29, 1.82) is 0 Å². The molecule has 0 saturated carbocycles. The van der Waals surface area contributed by atoms with Crippen LogP contribution in [0.1, 0.15) is 29.4 Å². The molecule has 0 fully saturated rings. The number of nitrogens with zero attached hydrogens (tertiary/aromatic N) is 2. The number of benzene rings is 2. The lowest BCUT2D eigenvalue weighted by Gasteiger charge is -2.13. The zero-order valence-electron chi connectivity index (χ0n) is 14.7. The Morgan fingerprint density at radius 1 is 1.16 bits per heavy atom. The lowest BCUT2D eigenvalue weighted by atomic mass is 10.1. The van der Waals surface area contributed by atoms with Crippen molar-refractivity contribution >= 4 is 16.9 Å². The molecule has 5 heteroatoms. The molecule has 1 aromatic heterocycles. The van der Waals surface area contributed by atoms with Crippen LogP contribution in [0.3, 0.4) is 0 Å². The molecule has 1 heterocycles. The Bertz CT molecular complexity index is 867. The van der Waals surface area contributed by atoms with Gasteiger partial charge >= 0.3 is 0 Å². The Balaban J connectivity index is 1.53. The molecule has 0 aliphatic rings. The second-order valence-electron chi connectivity index (χ2n) is 6.33. The maximum atomic E-state index is 12.2. The Kier molecular flexibility index (Phi) is 5.14. The minimum Gasteiger partial charge on any atom is -0.354 e. The van der Waals surface area contributed by atoms with Gasteiger partial charge in [-0.05, 0) is 38.0 Å². The number of imidazole rings is 1. The average Bonchev–Trinajstić information content (AvgIpc) is 2.94. The van der Waals surface area contributed by atoms with Gasteiger partial charge in [0.15, 0.2) is 0 Å². The van der Waals surface area contributed by atoms with Crippen LogP contribution in [-0.4, -0.2) is 22.0 Å². The molecule has 130 valence electrons. The van der Waals surface area contributed by atoms with E-state index in [-0.39, 0.29) is 5.91 Å². The van der Waals surface area contributed by atoms with Crippen molar-refractivity contribution in [2.75, 3.05) is 6.54 Å². The molecule has 3 rings (SSSR count). The Labute approximate surface area is 147 Å². The summed E-state index contributed by atoms with van der Waals surface area (Å²) in [7, 11) is 0. The average molecular weight is 336 g/mol. The molecule has 0 aliphatic heterocycles. The normalized spacial score (nSPS) is 12.3. The topological polar surface area (TPSA) is 72.9 Å². The van der Waals surface area contributed by atoms with E-state index in [4.69, 9.17) is 5.73 Å². The first-order valence-electron chi connectivity index (χ1n) is 8.58. The Hall–Kier alpha value is -2.66. The SMILES string of the molecule is Cc1ccc(C(N)C(=O)NCCCn2c(C)nc3ccccc32)cc1. The lowest BCUT2D eigenvalue weighted by molar-refractivity contribution is -0.122. The summed E-state index contributed by atoms with van der Waals surface area (Å²) in [4.78, 5) is 16.8. The van der Waals surface area contributed by atoms with E-state index in [0.717, 1.165) is 41.0 Å². The first-order chi connectivity index (χ1) is 12.1. The number of para-hydroxylation sites is 2. The number of nitrogens with one attached hydrogen (secondary N) is 1. The molecule has 5 nitrogen and oxygen atoms in total. The third kappa shape index (κ3) is 3.88. The Morgan fingerprint density at radius 2 is 1.88 bits per heavy atom. The minimum absolute atomic E-state index is 0.143. The fraction of sp³-hybridized carbons (Fsp3) is 0.300. The summed E-state index contributed by atoms with van der Waals surface area (Å²) in [6.07, 6.45) is 0.827. The maximum absolute atomic E-state index is 12.2. The summed E-state index contributed by atoms with van der Waals surface area (Å²) in [5.74, 6) is 0.847. The van der Waals surface area contributed by atoms with Gasteiger partial charge in [0.25, 0.3) is 0 Å².